The Morgan fingerprint density at radius 1 is 1.32 bits per heavy atom. The Morgan fingerprint density at radius 2 is 2.11 bits per heavy atom. The largest absolute Gasteiger partial charge is 0.339 e. The van der Waals surface area contributed by atoms with Crippen molar-refractivity contribution in [2.75, 3.05) is 0 Å². The van der Waals surface area contributed by atoms with Crippen LogP contribution in [0.15, 0.2) is 10.7 Å². The van der Waals surface area contributed by atoms with E-state index in [-0.39, 0.29) is 5.92 Å². The van der Waals surface area contributed by atoms with Crippen LogP contribution in [0.3, 0.4) is 0 Å². The molecule has 2 aromatic rings. The van der Waals surface area contributed by atoms with Crippen molar-refractivity contribution in [2.45, 2.75) is 52.7 Å². The zero-order valence-electron chi connectivity index (χ0n) is 11.8. The first-order valence-electron chi connectivity index (χ1n) is 6.49. The van der Waals surface area contributed by atoms with Gasteiger partial charge in [0.2, 0.25) is 5.89 Å². The summed E-state index contributed by atoms with van der Waals surface area (Å²) in [5.41, 5.74) is 0.904. The van der Waals surface area contributed by atoms with Crippen molar-refractivity contribution in [3.05, 3.63) is 23.6 Å². The Hall–Kier alpha value is -1.76. The fraction of sp³-hybridized carbons (Fsp3) is 0.667. The molecule has 7 nitrogen and oxygen atoms in total. The first kappa shape index (κ1) is 13.7. The fourth-order valence-corrected chi connectivity index (χ4v) is 1.52. The first-order chi connectivity index (χ1) is 9.04. The van der Waals surface area contributed by atoms with E-state index in [1.807, 2.05) is 20.0 Å². The quantitative estimate of drug-likeness (QED) is 0.847. The molecule has 0 fully saturated rings. The van der Waals surface area contributed by atoms with Gasteiger partial charge in [-0.05, 0) is 0 Å². The third-order valence-electron chi connectivity index (χ3n) is 2.56. The van der Waals surface area contributed by atoms with Gasteiger partial charge in [0.25, 0.3) is 0 Å². The molecule has 0 aliphatic heterocycles. The third kappa shape index (κ3) is 3.85. The molecule has 1 N–H and O–H groups in total. The summed E-state index contributed by atoms with van der Waals surface area (Å²) in [6.07, 6.45) is 1.89. The Kier molecular flexibility index (Phi) is 4.26. The van der Waals surface area contributed by atoms with Gasteiger partial charge >= 0.3 is 0 Å². The predicted molar refractivity (Wildman–Crippen MR) is 69.5 cm³/mol. The fourth-order valence-electron chi connectivity index (χ4n) is 1.52. The maximum Gasteiger partial charge on any atom is 0.229 e. The molecule has 0 spiro atoms. The van der Waals surface area contributed by atoms with Crippen LogP contribution in [-0.2, 0) is 13.1 Å². The maximum absolute atomic E-state index is 5.15. The zero-order valence-corrected chi connectivity index (χ0v) is 11.8. The van der Waals surface area contributed by atoms with Crippen LogP contribution in [0.4, 0.5) is 0 Å². The SMILES string of the molecule is CC(C)NCc1cn(Cc2noc(C(C)C)n2)nn1. The summed E-state index contributed by atoms with van der Waals surface area (Å²) < 4.78 is 6.86. The van der Waals surface area contributed by atoms with Gasteiger partial charge in [-0.1, -0.05) is 38.1 Å². The van der Waals surface area contributed by atoms with Gasteiger partial charge in [0.05, 0.1) is 11.9 Å². The van der Waals surface area contributed by atoms with Gasteiger partial charge < -0.3 is 9.84 Å². The first-order valence-corrected chi connectivity index (χ1v) is 6.49. The van der Waals surface area contributed by atoms with Crippen LogP contribution in [0.5, 0.6) is 0 Å². The summed E-state index contributed by atoms with van der Waals surface area (Å²) >= 11 is 0. The zero-order chi connectivity index (χ0) is 13.8. The van der Waals surface area contributed by atoms with Crippen LogP contribution in [-0.4, -0.2) is 31.2 Å². The van der Waals surface area contributed by atoms with Gasteiger partial charge in [0, 0.05) is 18.5 Å². The van der Waals surface area contributed by atoms with Crippen molar-refractivity contribution in [1.29, 1.82) is 0 Å². The second-order valence-corrected chi connectivity index (χ2v) is 5.15. The summed E-state index contributed by atoms with van der Waals surface area (Å²) in [5, 5.41) is 15.4. The molecule has 0 saturated heterocycles. The summed E-state index contributed by atoms with van der Waals surface area (Å²) in [6, 6.07) is 0.427. The Labute approximate surface area is 112 Å². The van der Waals surface area contributed by atoms with E-state index in [4.69, 9.17) is 4.52 Å². The molecule has 0 aliphatic carbocycles. The van der Waals surface area contributed by atoms with Gasteiger partial charge in [0.1, 0.15) is 6.54 Å². The molecular formula is C12H20N6O. The van der Waals surface area contributed by atoms with Crippen LogP contribution >= 0.6 is 0 Å². The number of nitrogens with zero attached hydrogens (tertiary/aromatic N) is 5. The molecule has 0 amide bonds. The lowest BCUT2D eigenvalue weighted by atomic mass is 10.2. The van der Waals surface area contributed by atoms with Gasteiger partial charge in [-0.2, -0.15) is 4.98 Å². The summed E-state index contributed by atoms with van der Waals surface area (Å²) in [6.45, 7) is 9.41. The summed E-state index contributed by atoms with van der Waals surface area (Å²) in [4.78, 5) is 4.31. The van der Waals surface area contributed by atoms with Crippen molar-refractivity contribution in [2.24, 2.45) is 0 Å². The van der Waals surface area contributed by atoms with E-state index in [1.54, 1.807) is 4.68 Å². The molecule has 0 atom stereocenters. The summed E-state index contributed by atoms with van der Waals surface area (Å²) in [7, 11) is 0. The van der Waals surface area contributed by atoms with Crippen LogP contribution in [0, 0.1) is 0 Å². The Balaban J connectivity index is 1.95. The number of nitrogens with one attached hydrogen (secondary N) is 1. The molecule has 19 heavy (non-hydrogen) atoms. The molecular weight excluding hydrogens is 244 g/mol. The van der Waals surface area contributed by atoms with E-state index in [0.29, 0.717) is 30.8 Å². The molecule has 0 bridgehead atoms. The minimum absolute atomic E-state index is 0.239. The smallest absolute Gasteiger partial charge is 0.229 e. The average molecular weight is 264 g/mol. The number of rotatable bonds is 6. The minimum atomic E-state index is 0.239. The molecule has 0 saturated carbocycles. The van der Waals surface area contributed by atoms with Crippen LogP contribution < -0.4 is 5.32 Å². The van der Waals surface area contributed by atoms with E-state index < -0.39 is 0 Å². The highest BCUT2D eigenvalue weighted by molar-refractivity contribution is 4.95. The minimum Gasteiger partial charge on any atom is -0.339 e. The predicted octanol–water partition coefficient (Wildman–Crippen LogP) is 1.33. The summed E-state index contributed by atoms with van der Waals surface area (Å²) in [5.74, 6) is 1.51. The van der Waals surface area contributed by atoms with Gasteiger partial charge in [-0.15, -0.1) is 5.10 Å². The van der Waals surface area contributed by atoms with Crippen LogP contribution in [0.25, 0.3) is 0 Å². The monoisotopic (exact) mass is 264 g/mol. The van der Waals surface area contributed by atoms with Crippen molar-refractivity contribution in [3.8, 4) is 0 Å². The van der Waals surface area contributed by atoms with Gasteiger partial charge in [-0.3, -0.25) is 0 Å². The molecule has 0 aliphatic rings. The molecule has 7 heteroatoms. The maximum atomic E-state index is 5.15. The van der Waals surface area contributed by atoms with E-state index in [0.717, 1.165) is 5.69 Å². The second-order valence-electron chi connectivity index (χ2n) is 5.15. The third-order valence-corrected chi connectivity index (χ3v) is 2.56. The van der Waals surface area contributed by atoms with Crippen molar-refractivity contribution in [1.82, 2.24) is 30.5 Å². The average Bonchev–Trinajstić information content (AvgIpc) is 2.96. The standard InChI is InChI=1S/C12H20N6O/c1-8(2)12-14-11(16-19-12)7-18-6-10(15-17-18)5-13-9(3)4/h6,8-9,13H,5,7H2,1-4H3. The number of aromatic nitrogens is 5. The van der Waals surface area contributed by atoms with Crippen molar-refractivity contribution >= 4 is 0 Å². The molecule has 104 valence electrons. The van der Waals surface area contributed by atoms with E-state index in [9.17, 15) is 0 Å². The molecule has 0 unspecified atom stereocenters. The highest BCUT2D eigenvalue weighted by atomic mass is 16.5. The lowest BCUT2D eigenvalue weighted by Crippen LogP contribution is -2.21. The van der Waals surface area contributed by atoms with E-state index >= 15 is 0 Å². The van der Waals surface area contributed by atoms with Crippen LogP contribution in [0.1, 0.15) is 51.0 Å². The second kappa shape index (κ2) is 5.92. The number of hydrogen-bond acceptors (Lipinski definition) is 6. The topological polar surface area (TPSA) is 81.7 Å². The molecule has 2 aromatic heterocycles. The van der Waals surface area contributed by atoms with Crippen molar-refractivity contribution < 1.29 is 4.52 Å². The molecule has 2 heterocycles. The molecule has 0 radical (unpaired) electrons. The lowest BCUT2D eigenvalue weighted by Gasteiger charge is -2.03. The normalized spacial score (nSPS) is 11.7. The van der Waals surface area contributed by atoms with E-state index in [1.165, 1.54) is 0 Å². The highest BCUT2D eigenvalue weighted by Gasteiger charge is 2.11. The Bertz CT molecular complexity index is 516. The lowest BCUT2D eigenvalue weighted by molar-refractivity contribution is 0.359. The number of hydrogen-bond donors (Lipinski definition) is 1. The van der Waals surface area contributed by atoms with Crippen molar-refractivity contribution in [3.63, 3.8) is 0 Å². The molecule has 0 aromatic carbocycles. The van der Waals surface area contributed by atoms with Crippen LogP contribution in [0.2, 0.25) is 0 Å². The highest BCUT2D eigenvalue weighted by Crippen LogP contribution is 2.11. The van der Waals surface area contributed by atoms with Gasteiger partial charge in [0.15, 0.2) is 5.82 Å². The van der Waals surface area contributed by atoms with E-state index in [2.05, 4.69) is 39.6 Å². The Morgan fingerprint density at radius 3 is 2.74 bits per heavy atom. The van der Waals surface area contributed by atoms with Gasteiger partial charge in [-0.25, -0.2) is 4.68 Å². The molecule has 2 rings (SSSR count).